The van der Waals surface area contributed by atoms with Gasteiger partial charge in [0.2, 0.25) is 0 Å². The molecule has 0 saturated heterocycles. The maximum absolute atomic E-state index is 13.7. The number of hydrogen-bond acceptors (Lipinski definition) is 5. The van der Waals surface area contributed by atoms with E-state index in [1.807, 2.05) is 13.1 Å². The number of rotatable bonds is 7. The molecule has 0 aliphatic rings. The summed E-state index contributed by atoms with van der Waals surface area (Å²) in [5.41, 5.74) is -1.55. The lowest BCUT2D eigenvalue weighted by molar-refractivity contribution is -0.145. The van der Waals surface area contributed by atoms with Gasteiger partial charge in [0.1, 0.15) is 5.82 Å². The van der Waals surface area contributed by atoms with Crippen LogP contribution in [0.4, 0.5) is 13.2 Å². The number of carbonyl (C=O) groups is 1. The minimum Gasteiger partial charge on any atom is -0.412 e. The molecule has 0 N–H and O–H groups in total. The molecule has 2 rings (SSSR count). The standard InChI is InChI=1S/C19H27F3N4O2Si/c1-13(28-29(5,6)18(2,3)4)12-26-17(19(20,21)22)14(11-25-26)15(27)10-16-23-8-7-9-24-16/h7-9,11,13H,10,12H2,1-6H3/t13-/m1/s1. The smallest absolute Gasteiger partial charge is 0.412 e. The Morgan fingerprint density at radius 2 is 1.79 bits per heavy atom. The molecule has 0 aliphatic heterocycles. The molecule has 2 heterocycles. The first-order chi connectivity index (χ1) is 13.2. The van der Waals surface area contributed by atoms with Gasteiger partial charge in [0.15, 0.2) is 19.8 Å². The van der Waals surface area contributed by atoms with Crippen LogP contribution in [0, 0.1) is 0 Å². The highest BCUT2D eigenvalue weighted by molar-refractivity contribution is 6.74. The lowest BCUT2D eigenvalue weighted by Crippen LogP contribution is -2.44. The quantitative estimate of drug-likeness (QED) is 0.479. The van der Waals surface area contributed by atoms with Gasteiger partial charge in [-0.15, -0.1) is 0 Å². The van der Waals surface area contributed by atoms with E-state index in [2.05, 4.69) is 35.8 Å². The van der Waals surface area contributed by atoms with Crippen LogP contribution in [0.2, 0.25) is 18.1 Å². The first-order valence-electron chi connectivity index (χ1n) is 9.32. The number of alkyl halides is 3. The Kier molecular flexibility index (Phi) is 6.68. The van der Waals surface area contributed by atoms with Crippen molar-refractivity contribution in [2.75, 3.05) is 0 Å². The summed E-state index contributed by atoms with van der Waals surface area (Å²) in [5.74, 6) is -0.569. The van der Waals surface area contributed by atoms with Crippen LogP contribution in [-0.4, -0.2) is 40.0 Å². The van der Waals surface area contributed by atoms with Crippen molar-refractivity contribution >= 4 is 14.1 Å². The molecule has 0 bridgehead atoms. The van der Waals surface area contributed by atoms with Gasteiger partial charge in [0, 0.05) is 12.4 Å². The maximum atomic E-state index is 13.7. The van der Waals surface area contributed by atoms with Crippen molar-refractivity contribution in [3.63, 3.8) is 0 Å². The Labute approximate surface area is 169 Å². The second kappa shape index (κ2) is 8.35. The van der Waals surface area contributed by atoms with Crippen LogP contribution in [0.3, 0.4) is 0 Å². The van der Waals surface area contributed by atoms with Crippen molar-refractivity contribution < 1.29 is 22.4 Å². The number of hydrogen-bond donors (Lipinski definition) is 0. The lowest BCUT2D eigenvalue weighted by Gasteiger charge is -2.38. The van der Waals surface area contributed by atoms with E-state index in [1.54, 1.807) is 13.0 Å². The van der Waals surface area contributed by atoms with Gasteiger partial charge in [-0.05, 0) is 31.1 Å². The zero-order chi connectivity index (χ0) is 22.0. The predicted octanol–water partition coefficient (Wildman–Crippen LogP) is 4.53. The van der Waals surface area contributed by atoms with Crippen LogP contribution < -0.4 is 0 Å². The van der Waals surface area contributed by atoms with E-state index in [0.717, 1.165) is 10.9 Å². The second-order valence-electron chi connectivity index (χ2n) is 8.54. The van der Waals surface area contributed by atoms with Gasteiger partial charge in [-0.2, -0.15) is 18.3 Å². The molecule has 0 fully saturated rings. The van der Waals surface area contributed by atoms with Crippen LogP contribution >= 0.6 is 0 Å². The Balaban J connectivity index is 2.26. The van der Waals surface area contributed by atoms with Crippen molar-refractivity contribution in [2.24, 2.45) is 0 Å². The predicted molar refractivity (Wildman–Crippen MR) is 105 cm³/mol. The fraction of sp³-hybridized carbons (Fsp3) is 0.579. The summed E-state index contributed by atoms with van der Waals surface area (Å²) in [7, 11) is -2.16. The van der Waals surface area contributed by atoms with Crippen LogP contribution in [0.25, 0.3) is 0 Å². The summed E-state index contributed by atoms with van der Waals surface area (Å²) in [6, 6.07) is 1.57. The normalized spacial score (nSPS) is 14.1. The topological polar surface area (TPSA) is 69.9 Å². The van der Waals surface area contributed by atoms with Gasteiger partial charge >= 0.3 is 6.18 Å². The first kappa shape index (κ1) is 23.2. The second-order valence-corrected chi connectivity index (χ2v) is 13.3. The first-order valence-corrected chi connectivity index (χ1v) is 12.2. The van der Waals surface area contributed by atoms with Gasteiger partial charge in [-0.25, -0.2) is 9.97 Å². The Morgan fingerprint density at radius 3 is 2.31 bits per heavy atom. The van der Waals surface area contributed by atoms with E-state index in [-0.39, 0.29) is 23.8 Å². The van der Waals surface area contributed by atoms with Crippen molar-refractivity contribution in [1.29, 1.82) is 0 Å². The monoisotopic (exact) mass is 428 g/mol. The van der Waals surface area contributed by atoms with E-state index >= 15 is 0 Å². The molecule has 0 radical (unpaired) electrons. The number of aromatic nitrogens is 4. The molecular weight excluding hydrogens is 401 g/mol. The maximum Gasteiger partial charge on any atom is 0.433 e. The van der Waals surface area contributed by atoms with E-state index in [0.29, 0.717) is 0 Å². The summed E-state index contributed by atoms with van der Waals surface area (Å²) in [5, 5.41) is 3.77. The van der Waals surface area contributed by atoms with Crippen molar-refractivity contribution in [1.82, 2.24) is 19.7 Å². The van der Waals surface area contributed by atoms with Crippen LogP contribution in [0.15, 0.2) is 24.7 Å². The molecule has 0 saturated carbocycles. The zero-order valence-electron chi connectivity index (χ0n) is 17.5. The summed E-state index contributed by atoms with van der Waals surface area (Å²) >= 11 is 0. The van der Waals surface area contributed by atoms with Gasteiger partial charge in [-0.1, -0.05) is 20.8 Å². The zero-order valence-corrected chi connectivity index (χ0v) is 18.5. The fourth-order valence-electron chi connectivity index (χ4n) is 2.65. The molecule has 29 heavy (non-hydrogen) atoms. The molecule has 10 heteroatoms. The molecule has 0 amide bonds. The number of Topliss-reactive ketones (excluding diaryl/α,β-unsaturated/α-hetero) is 1. The Hall–Kier alpha value is -2.07. The average molecular weight is 429 g/mol. The van der Waals surface area contributed by atoms with Gasteiger partial charge < -0.3 is 4.43 Å². The third-order valence-electron chi connectivity index (χ3n) is 5.08. The molecule has 2 aromatic rings. The summed E-state index contributed by atoms with van der Waals surface area (Å²) in [6.45, 7) is 11.9. The molecule has 2 aromatic heterocycles. The Morgan fingerprint density at radius 1 is 1.21 bits per heavy atom. The van der Waals surface area contributed by atoms with Gasteiger partial charge in [0.05, 0.1) is 30.8 Å². The SMILES string of the molecule is C[C@H](Cn1ncc(C(=O)Cc2ncccn2)c1C(F)(F)F)O[Si](C)(C)C(C)(C)C. The molecule has 160 valence electrons. The van der Waals surface area contributed by atoms with Crippen LogP contribution in [-0.2, 0) is 23.6 Å². The van der Waals surface area contributed by atoms with Crippen molar-refractivity contribution in [3.05, 3.63) is 41.7 Å². The van der Waals surface area contributed by atoms with E-state index in [9.17, 15) is 18.0 Å². The fourth-order valence-corrected chi connectivity index (χ4v) is 4.08. The lowest BCUT2D eigenvalue weighted by atomic mass is 10.1. The molecule has 0 unspecified atom stereocenters. The van der Waals surface area contributed by atoms with Gasteiger partial charge in [-0.3, -0.25) is 9.48 Å². The average Bonchev–Trinajstić information content (AvgIpc) is 2.98. The minimum absolute atomic E-state index is 0.0744. The van der Waals surface area contributed by atoms with Crippen molar-refractivity contribution in [2.45, 2.75) is 71.1 Å². The highest BCUT2D eigenvalue weighted by atomic mass is 28.4. The molecular formula is C19H27F3N4O2Si. The summed E-state index contributed by atoms with van der Waals surface area (Å²) in [4.78, 5) is 20.3. The Bertz CT molecular complexity index is 845. The highest BCUT2D eigenvalue weighted by Gasteiger charge is 2.42. The largest absolute Gasteiger partial charge is 0.433 e. The van der Waals surface area contributed by atoms with Crippen LogP contribution in [0.5, 0.6) is 0 Å². The number of ketones is 1. The highest BCUT2D eigenvalue weighted by Crippen LogP contribution is 2.38. The van der Waals surface area contributed by atoms with Crippen LogP contribution in [0.1, 0.15) is 49.6 Å². The van der Waals surface area contributed by atoms with Gasteiger partial charge in [0.25, 0.3) is 0 Å². The molecule has 1 atom stereocenters. The molecule has 0 aromatic carbocycles. The number of carbonyl (C=O) groups excluding carboxylic acids is 1. The number of halogens is 3. The van der Waals surface area contributed by atoms with Crippen molar-refractivity contribution in [3.8, 4) is 0 Å². The van der Waals surface area contributed by atoms with E-state index < -0.39 is 37.6 Å². The summed E-state index contributed by atoms with van der Waals surface area (Å²) < 4.78 is 48.2. The number of nitrogens with zero attached hydrogens (tertiary/aromatic N) is 4. The molecule has 0 aliphatic carbocycles. The third-order valence-corrected chi connectivity index (χ3v) is 9.68. The minimum atomic E-state index is -4.73. The summed E-state index contributed by atoms with van der Waals surface area (Å²) in [6.07, 6.45) is -1.71. The third kappa shape index (κ3) is 5.72. The molecule has 6 nitrogen and oxygen atoms in total. The van der Waals surface area contributed by atoms with E-state index in [4.69, 9.17) is 4.43 Å². The molecule has 0 spiro atoms. The van der Waals surface area contributed by atoms with E-state index in [1.165, 1.54) is 12.4 Å².